The van der Waals surface area contributed by atoms with Gasteiger partial charge in [0.2, 0.25) is 0 Å². The standard InChI is InChI=1S/C12H17N3O4/c1-16-5-2-6-17-7-8-18-10-4-3-9(13)11-12(10)15-19-14-11/h3-4H,2,5-8,13H2,1H3. The fourth-order valence-electron chi connectivity index (χ4n) is 1.60. The van der Waals surface area contributed by atoms with Crippen molar-refractivity contribution in [1.82, 2.24) is 10.3 Å². The summed E-state index contributed by atoms with van der Waals surface area (Å²) >= 11 is 0. The predicted molar refractivity (Wildman–Crippen MR) is 69.0 cm³/mol. The van der Waals surface area contributed by atoms with Gasteiger partial charge < -0.3 is 19.9 Å². The van der Waals surface area contributed by atoms with Crippen molar-refractivity contribution in [3.8, 4) is 5.75 Å². The molecule has 0 saturated carbocycles. The minimum Gasteiger partial charge on any atom is -0.489 e. The van der Waals surface area contributed by atoms with E-state index in [4.69, 9.17) is 19.9 Å². The van der Waals surface area contributed by atoms with Gasteiger partial charge in [-0.15, -0.1) is 0 Å². The first-order chi connectivity index (χ1) is 9.33. The number of benzene rings is 1. The molecule has 0 aliphatic heterocycles. The average Bonchev–Trinajstić information content (AvgIpc) is 2.90. The van der Waals surface area contributed by atoms with Crippen LogP contribution >= 0.6 is 0 Å². The van der Waals surface area contributed by atoms with E-state index in [0.717, 1.165) is 6.42 Å². The molecule has 1 aromatic heterocycles. The third kappa shape index (κ3) is 3.55. The monoisotopic (exact) mass is 267 g/mol. The SMILES string of the molecule is COCCCOCCOc1ccc(N)c2nonc12. The highest BCUT2D eigenvalue weighted by Gasteiger charge is 2.10. The Bertz CT molecular complexity index is 515. The zero-order valence-electron chi connectivity index (χ0n) is 10.8. The van der Waals surface area contributed by atoms with Gasteiger partial charge >= 0.3 is 0 Å². The molecule has 7 heteroatoms. The van der Waals surface area contributed by atoms with E-state index < -0.39 is 0 Å². The fourth-order valence-corrected chi connectivity index (χ4v) is 1.60. The number of ether oxygens (including phenoxy) is 3. The molecule has 0 unspecified atom stereocenters. The van der Waals surface area contributed by atoms with E-state index in [2.05, 4.69) is 14.9 Å². The van der Waals surface area contributed by atoms with Crippen molar-refractivity contribution < 1.29 is 18.8 Å². The lowest BCUT2D eigenvalue weighted by Crippen LogP contribution is -2.08. The second-order valence-electron chi connectivity index (χ2n) is 3.92. The summed E-state index contributed by atoms with van der Waals surface area (Å²) in [4.78, 5) is 0. The summed E-state index contributed by atoms with van der Waals surface area (Å²) in [6, 6.07) is 3.45. The Balaban J connectivity index is 1.79. The van der Waals surface area contributed by atoms with Gasteiger partial charge in [0.15, 0.2) is 16.8 Å². The lowest BCUT2D eigenvalue weighted by molar-refractivity contribution is 0.0809. The third-order valence-electron chi connectivity index (χ3n) is 2.53. The van der Waals surface area contributed by atoms with Crippen LogP contribution in [0.5, 0.6) is 5.75 Å². The van der Waals surface area contributed by atoms with E-state index in [-0.39, 0.29) is 0 Å². The molecule has 0 bridgehead atoms. The minimum absolute atomic E-state index is 0.429. The Hall–Kier alpha value is -1.86. The molecule has 1 heterocycles. The van der Waals surface area contributed by atoms with Gasteiger partial charge in [0, 0.05) is 20.3 Å². The molecule has 0 aliphatic carbocycles. The van der Waals surface area contributed by atoms with E-state index >= 15 is 0 Å². The molecule has 2 aromatic rings. The molecule has 0 fully saturated rings. The Morgan fingerprint density at radius 1 is 1.11 bits per heavy atom. The molecule has 0 amide bonds. The van der Waals surface area contributed by atoms with E-state index in [1.165, 1.54) is 0 Å². The van der Waals surface area contributed by atoms with Gasteiger partial charge in [-0.3, -0.25) is 0 Å². The van der Waals surface area contributed by atoms with Crippen LogP contribution in [0.4, 0.5) is 5.69 Å². The van der Waals surface area contributed by atoms with Gasteiger partial charge in [0.1, 0.15) is 6.61 Å². The van der Waals surface area contributed by atoms with Crippen LogP contribution in [-0.4, -0.2) is 43.9 Å². The van der Waals surface area contributed by atoms with Crippen molar-refractivity contribution in [1.29, 1.82) is 0 Å². The van der Waals surface area contributed by atoms with Crippen LogP contribution < -0.4 is 10.5 Å². The van der Waals surface area contributed by atoms with Gasteiger partial charge in [0.05, 0.1) is 12.3 Å². The van der Waals surface area contributed by atoms with Crippen LogP contribution in [0.3, 0.4) is 0 Å². The van der Waals surface area contributed by atoms with Gasteiger partial charge in [0.25, 0.3) is 0 Å². The van der Waals surface area contributed by atoms with Gasteiger partial charge in [-0.25, -0.2) is 4.63 Å². The van der Waals surface area contributed by atoms with Crippen LogP contribution in [0.2, 0.25) is 0 Å². The van der Waals surface area contributed by atoms with Crippen molar-refractivity contribution in [3.63, 3.8) is 0 Å². The van der Waals surface area contributed by atoms with Crippen molar-refractivity contribution in [2.45, 2.75) is 6.42 Å². The molecule has 2 N–H and O–H groups in total. The molecule has 7 nitrogen and oxygen atoms in total. The number of anilines is 1. The van der Waals surface area contributed by atoms with Crippen LogP contribution in [-0.2, 0) is 9.47 Å². The number of fused-ring (bicyclic) bond motifs is 1. The average molecular weight is 267 g/mol. The Labute approximate surface area is 110 Å². The van der Waals surface area contributed by atoms with Crippen LogP contribution in [0, 0.1) is 0 Å². The number of methoxy groups -OCH3 is 1. The minimum atomic E-state index is 0.429. The first-order valence-electron chi connectivity index (χ1n) is 6.03. The van der Waals surface area contributed by atoms with Crippen LogP contribution in [0.25, 0.3) is 11.0 Å². The molecule has 0 atom stereocenters. The van der Waals surface area contributed by atoms with Crippen LogP contribution in [0.1, 0.15) is 6.42 Å². The van der Waals surface area contributed by atoms with Crippen molar-refractivity contribution in [3.05, 3.63) is 12.1 Å². The summed E-state index contributed by atoms with van der Waals surface area (Å²) in [6.45, 7) is 2.28. The Kier molecular flexibility index (Phi) is 4.93. The summed E-state index contributed by atoms with van der Waals surface area (Å²) < 4.78 is 20.5. The predicted octanol–water partition coefficient (Wildman–Crippen LogP) is 1.24. The lowest BCUT2D eigenvalue weighted by atomic mass is 10.2. The maximum atomic E-state index is 5.74. The molecule has 1 aromatic carbocycles. The maximum Gasteiger partial charge on any atom is 0.179 e. The summed E-state index contributed by atoms with van der Waals surface area (Å²) in [7, 11) is 1.67. The van der Waals surface area contributed by atoms with Gasteiger partial charge in [-0.2, -0.15) is 0 Å². The maximum absolute atomic E-state index is 5.74. The smallest absolute Gasteiger partial charge is 0.179 e. The number of nitrogens with zero attached hydrogens (tertiary/aromatic N) is 2. The van der Waals surface area contributed by atoms with E-state index in [0.29, 0.717) is 48.9 Å². The summed E-state index contributed by atoms with van der Waals surface area (Å²) in [5, 5.41) is 7.49. The van der Waals surface area contributed by atoms with Crippen molar-refractivity contribution >= 4 is 16.7 Å². The summed E-state index contributed by atoms with van der Waals surface area (Å²) in [6.07, 6.45) is 0.871. The fraction of sp³-hybridized carbons (Fsp3) is 0.500. The first-order valence-corrected chi connectivity index (χ1v) is 6.03. The summed E-state index contributed by atoms with van der Waals surface area (Å²) in [5.41, 5.74) is 7.29. The highest BCUT2D eigenvalue weighted by Crippen LogP contribution is 2.26. The molecular weight excluding hydrogens is 250 g/mol. The molecule has 0 saturated heterocycles. The zero-order chi connectivity index (χ0) is 13.5. The molecule has 0 aliphatic rings. The largest absolute Gasteiger partial charge is 0.489 e. The van der Waals surface area contributed by atoms with Gasteiger partial charge in [-0.1, -0.05) is 0 Å². The Morgan fingerprint density at radius 2 is 1.95 bits per heavy atom. The van der Waals surface area contributed by atoms with Crippen molar-refractivity contribution in [2.24, 2.45) is 0 Å². The molecule has 19 heavy (non-hydrogen) atoms. The number of hydrogen-bond donors (Lipinski definition) is 1. The Morgan fingerprint density at radius 3 is 2.79 bits per heavy atom. The van der Waals surface area contributed by atoms with E-state index in [1.807, 2.05) is 0 Å². The molecule has 2 rings (SSSR count). The van der Waals surface area contributed by atoms with E-state index in [1.54, 1.807) is 19.2 Å². The molecule has 104 valence electrons. The molecular formula is C12H17N3O4. The number of hydrogen-bond acceptors (Lipinski definition) is 7. The number of aromatic nitrogens is 2. The normalized spacial score (nSPS) is 11.0. The molecule has 0 spiro atoms. The lowest BCUT2D eigenvalue weighted by Gasteiger charge is -2.07. The number of nitrogens with two attached hydrogens (primary N) is 1. The zero-order valence-corrected chi connectivity index (χ0v) is 10.8. The highest BCUT2D eigenvalue weighted by molar-refractivity contribution is 5.90. The van der Waals surface area contributed by atoms with Gasteiger partial charge in [-0.05, 0) is 28.9 Å². The third-order valence-corrected chi connectivity index (χ3v) is 2.53. The molecule has 0 radical (unpaired) electrons. The summed E-state index contributed by atoms with van der Waals surface area (Å²) in [5.74, 6) is 0.589. The van der Waals surface area contributed by atoms with E-state index in [9.17, 15) is 0 Å². The first kappa shape index (κ1) is 13.6. The van der Waals surface area contributed by atoms with Crippen LogP contribution in [0.15, 0.2) is 16.8 Å². The quantitative estimate of drug-likeness (QED) is 0.568. The number of rotatable bonds is 8. The highest BCUT2D eigenvalue weighted by atomic mass is 16.6. The number of nitrogen functional groups attached to an aromatic ring is 1. The second-order valence-corrected chi connectivity index (χ2v) is 3.92. The van der Waals surface area contributed by atoms with Crippen molar-refractivity contribution in [2.75, 3.05) is 39.3 Å². The second kappa shape index (κ2) is 6.91. The topological polar surface area (TPSA) is 92.6 Å².